The lowest BCUT2D eigenvalue weighted by atomic mass is 9.49. The lowest BCUT2D eigenvalue weighted by Crippen LogP contribution is -2.53. The van der Waals surface area contributed by atoms with Gasteiger partial charge in [0.2, 0.25) is 11.8 Å². The molecule has 4 aromatic carbocycles. The first kappa shape index (κ1) is 38.9. The first-order valence-electron chi connectivity index (χ1n) is 17.8. The average Bonchev–Trinajstić information content (AvgIpc) is 3.56. The number of phenols is 1. The van der Waals surface area contributed by atoms with Crippen LogP contribution in [-0.4, -0.2) is 40.9 Å². The van der Waals surface area contributed by atoms with Gasteiger partial charge in [-0.25, -0.2) is 9.29 Å². The van der Waals surface area contributed by atoms with Gasteiger partial charge in [0.15, 0.2) is 0 Å². The Morgan fingerprint density at radius 1 is 0.810 bits per heavy atom. The summed E-state index contributed by atoms with van der Waals surface area (Å²) in [5.41, 5.74) is -2.69. The van der Waals surface area contributed by atoms with E-state index in [9.17, 15) is 50.2 Å². The van der Waals surface area contributed by atoms with Gasteiger partial charge in [0.1, 0.15) is 17.3 Å². The number of aromatic hydroxyl groups is 1. The first-order chi connectivity index (χ1) is 27.4. The molecule has 4 aromatic rings. The van der Waals surface area contributed by atoms with E-state index < -0.39 is 93.6 Å². The molecule has 2 heterocycles. The van der Waals surface area contributed by atoms with Gasteiger partial charge in [-0.1, -0.05) is 35.4 Å². The number of carbonyl (C=O) groups excluding carboxylic acids is 4. The molecule has 9 nitrogen and oxygen atoms in total. The number of halogens is 8. The number of phenolic OH excluding ortho intramolecular Hbond substituents is 1. The molecule has 0 unspecified atom stereocenters. The van der Waals surface area contributed by atoms with E-state index in [2.05, 4.69) is 5.43 Å². The van der Waals surface area contributed by atoms with Gasteiger partial charge >= 0.3 is 12.4 Å². The fraction of sp³-hybridized carbons (Fsp3) is 0.268. The highest BCUT2D eigenvalue weighted by Crippen LogP contribution is 2.65. The minimum atomic E-state index is -5.27. The number of carbonyl (C=O) groups is 4. The van der Waals surface area contributed by atoms with E-state index in [1.54, 1.807) is 6.08 Å². The molecule has 0 bridgehead atoms. The molecular weight excluding hydrogens is 799 g/mol. The quantitative estimate of drug-likeness (QED) is 0.114. The van der Waals surface area contributed by atoms with E-state index in [0.29, 0.717) is 22.6 Å². The number of nitrogens with zero attached hydrogens (tertiary/aromatic N) is 2. The molecular formula is C41H29ClF7N3O6. The van der Waals surface area contributed by atoms with Crippen LogP contribution in [0.15, 0.2) is 96.6 Å². The van der Waals surface area contributed by atoms with Crippen LogP contribution < -0.4 is 15.1 Å². The standard InChI is InChI=1S/C41H29ClF7N3O6/c1-58-26-10-13-32(53)30(17-26)34-27-11-12-28-33(37(56)51(35(28)54)25-15-20(40(44,45)46)14-21(16-25)41(47,48)49)29(27)18-31-36(55)52(50-24-8-6-23(43)7-9-24)38(57)39(31,34)19-2-4-22(42)5-3-19/h2-11,13-17,28-29,31,33-34,50,53H,12,18H2,1H3/t28-,29+,31-,33-,34+,39+/m0/s1. The molecule has 1 saturated carbocycles. The predicted octanol–water partition coefficient (Wildman–Crippen LogP) is 8.42. The third-order valence-corrected chi connectivity index (χ3v) is 11.9. The van der Waals surface area contributed by atoms with Crippen molar-refractivity contribution >= 4 is 46.6 Å². The Morgan fingerprint density at radius 3 is 2.05 bits per heavy atom. The predicted molar refractivity (Wildman–Crippen MR) is 193 cm³/mol. The number of nitrogens with one attached hydrogen (secondary N) is 1. The van der Waals surface area contributed by atoms with Gasteiger partial charge in [-0.2, -0.15) is 31.4 Å². The number of alkyl halides is 6. The van der Waals surface area contributed by atoms with Gasteiger partial charge < -0.3 is 9.84 Å². The summed E-state index contributed by atoms with van der Waals surface area (Å²) in [4.78, 5) is 58.9. The topological polar surface area (TPSA) is 116 Å². The van der Waals surface area contributed by atoms with Crippen molar-refractivity contribution in [1.82, 2.24) is 5.01 Å². The lowest BCUT2D eigenvalue weighted by Gasteiger charge is -2.50. The van der Waals surface area contributed by atoms with Crippen LogP contribution in [0.4, 0.5) is 42.1 Å². The molecule has 300 valence electrons. The molecule has 58 heavy (non-hydrogen) atoms. The Balaban J connectivity index is 1.32. The molecule has 2 N–H and O–H groups in total. The van der Waals surface area contributed by atoms with E-state index in [1.165, 1.54) is 61.7 Å². The monoisotopic (exact) mass is 827 g/mol. The number of methoxy groups -OCH3 is 1. The molecule has 2 saturated heterocycles. The molecule has 2 aliphatic heterocycles. The number of fused-ring (bicyclic) bond motifs is 4. The van der Waals surface area contributed by atoms with Crippen LogP contribution in [0.3, 0.4) is 0 Å². The number of rotatable bonds is 6. The summed E-state index contributed by atoms with van der Waals surface area (Å²) in [7, 11) is 1.36. The fourth-order valence-corrected chi connectivity index (χ4v) is 9.34. The molecule has 0 aromatic heterocycles. The van der Waals surface area contributed by atoms with Crippen molar-refractivity contribution in [3.63, 3.8) is 0 Å². The minimum absolute atomic E-state index is 0.0832. The summed E-state index contributed by atoms with van der Waals surface area (Å²) in [5.74, 6) is -10.9. The molecule has 17 heteroatoms. The number of hydrazine groups is 1. The SMILES string of the molecule is COc1ccc(O)c([C@H]2C3=CC[C@@H]4C(=O)N(c5cc(C(F)(F)F)cc(C(F)(F)F)c5)C(=O)[C@@H]4[C@@H]3C[C@H]3C(=O)N(Nc4ccc(F)cc4)C(=O)[C@@]23c2ccc(Cl)cc2)c1. The Hall–Kier alpha value is -5.90. The second-order valence-electron chi connectivity index (χ2n) is 14.6. The van der Waals surface area contributed by atoms with Gasteiger partial charge in [0.25, 0.3) is 11.8 Å². The van der Waals surface area contributed by atoms with Crippen LogP contribution in [0, 0.1) is 29.5 Å². The molecule has 0 spiro atoms. The van der Waals surface area contributed by atoms with Crippen molar-refractivity contribution in [2.24, 2.45) is 23.7 Å². The van der Waals surface area contributed by atoms with Gasteiger partial charge in [-0.15, -0.1) is 0 Å². The number of hydrogen-bond donors (Lipinski definition) is 2. The summed E-state index contributed by atoms with van der Waals surface area (Å²) in [6.07, 6.45) is -9.49. The summed E-state index contributed by atoms with van der Waals surface area (Å²) in [5, 5.41) is 12.6. The molecule has 8 rings (SSSR count). The summed E-state index contributed by atoms with van der Waals surface area (Å²) in [6.45, 7) is 0. The minimum Gasteiger partial charge on any atom is -0.508 e. The molecule has 4 aliphatic rings. The highest BCUT2D eigenvalue weighted by molar-refractivity contribution is 6.30. The smallest absolute Gasteiger partial charge is 0.416 e. The first-order valence-corrected chi connectivity index (χ1v) is 18.1. The molecule has 3 fully saturated rings. The molecule has 0 radical (unpaired) electrons. The number of benzene rings is 4. The summed E-state index contributed by atoms with van der Waals surface area (Å²) in [6, 6.07) is 15.6. The largest absolute Gasteiger partial charge is 0.508 e. The highest BCUT2D eigenvalue weighted by Gasteiger charge is 2.71. The Bertz CT molecular complexity index is 2390. The van der Waals surface area contributed by atoms with Crippen LogP contribution in [0.25, 0.3) is 0 Å². The number of imide groups is 2. The zero-order chi connectivity index (χ0) is 41.6. The zero-order valence-electron chi connectivity index (χ0n) is 29.9. The third-order valence-electron chi connectivity index (χ3n) is 11.6. The molecule has 2 aliphatic carbocycles. The van der Waals surface area contributed by atoms with Crippen LogP contribution in [0.5, 0.6) is 11.5 Å². The maximum Gasteiger partial charge on any atom is 0.416 e. The normalized spacial score (nSPS) is 25.7. The molecule has 6 atom stereocenters. The van der Waals surface area contributed by atoms with Crippen LogP contribution in [0.1, 0.15) is 41.0 Å². The van der Waals surface area contributed by atoms with E-state index >= 15 is 4.79 Å². The number of amides is 4. The maximum atomic E-state index is 15.2. The Morgan fingerprint density at radius 2 is 1.45 bits per heavy atom. The van der Waals surface area contributed by atoms with Crippen molar-refractivity contribution in [3.05, 3.63) is 130 Å². The average molecular weight is 828 g/mol. The van der Waals surface area contributed by atoms with Crippen molar-refractivity contribution in [3.8, 4) is 11.5 Å². The number of anilines is 2. The second kappa shape index (κ2) is 13.6. The molecule has 4 amide bonds. The fourth-order valence-electron chi connectivity index (χ4n) is 9.21. The van der Waals surface area contributed by atoms with E-state index in [-0.39, 0.29) is 52.2 Å². The van der Waals surface area contributed by atoms with E-state index in [0.717, 1.165) is 17.1 Å². The van der Waals surface area contributed by atoms with Crippen LogP contribution >= 0.6 is 11.6 Å². The van der Waals surface area contributed by atoms with Crippen molar-refractivity contribution in [1.29, 1.82) is 0 Å². The number of allylic oxidation sites excluding steroid dienone is 2. The van der Waals surface area contributed by atoms with E-state index in [1.807, 2.05) is 0 Å². The summed E-state index contributed by atoms with van der Waals surface area (Å²) >= 11 is 6.29. The van der Waals surface area contributed by atoms with Crippen molar-refractivity contribution in [2.75, 3.05) is 17.4 Å². The summed E-state index contributed by atoms with van der Waals surface area (Å²) < 4.78 is 103. The Kier molecular flexibility index (Phi) is 9.14. The van der Waals surface area contributed by atoms with Crippen molar-refractivity contribution in [2.45, 2.75) is 36.5 Å². The van der Waals surface area contributed by atoms with E-state index in [4.69, 9.17) is 16.3 Å². The van der Waals surface area contributed by atoms with Crippen molar-refractivity contribution < 1.29 is 59.8 Å². The number of ether oxygens (including phenoxy) is 1. The van der Waals surface area contributed by atoms with Crippen LogP contribution in [0.2, 0.25) is 5.02 Å². The highest BCUT2D eigenvalue weighted by atomic mass is 35.5. The third kappa shape index (κ3) is 5.98. The van der Waals surface area contributed by atoms with Gasteiger partial charge in [0, 0.05) is 16.5 Å². The van der Waals surface area contributed by atoms with Gasteiger partial charge in [-0.3, -0.25) is 24.6 Å². The zero-order valence-corrected chi connectivity index (χ0v) is 30.6. The number of hydrogen-bond acceptors (Lipinski definition) is 7. The lowest BCUT2D eigenvalue weighted by molar-refractivity contribution is -0.143. The maximum absolute atomic E-state index is 15.2. The Labute approximate surface area is 329 Å². The van der Waals surface area contributed by atoms with Gasteiger partial charge in [-0.05, 0) is 97.1 Å². The second-order valence-corrected chi connectivity index (χ2v) is 15.0. The van der Waals surface area contributed by atoms with Gasteiger partial charge in [0.05, 0.1) is 52.8 Å². The van der Waals surface area contributed by atoms with Crippen LogP contribution in [-0.2, 0) is 36.9 Å².